The summed E-state index contributed by atoms with van der Waals surface area (Å²) >= 11 is 2.44. The fraction of sp³-hybridized carbons (Fsp3) is 0.600. The lowest BCUT2D eigenvalue weighted by Crippen LogP contribution is -2.46. The van der Waals surface area contributed by atoms with E-state index >= 15 is 0 Å². The van der Waals surface area contributed by atoms with Crippen molar-refractivity contribution in [3.05, 3.63) is 35.4 Å². The van der Waals surface area contributed by atoms with Crippen molar-refractivity contribution in [1.82, 2.24) is 0 Å². The summed E-state index contributed by atoms with van der Waals surface area (Å²) in [6.07, 6.45) is 1.19. The third kappa shape index (κ3) is 4.25. The Morgan fingerprint density at radius 1 is 0.882 bits per heavy atom. The molecule has 0 saturated heterocycles. The molecule has 0 heterocycles. The van der Waals surface area contributed by atoms with Crippen molar-refractivity contribution < 1.29 is 4.48 Å². The van der Waals surface area contributed by atoms with Crippen molar-refractivity contribution in [3.63, 3.8) is 0 Å². The Balaban J connectivity index is 2.73. The molecule has 1 aromatic rings. The maximum Gasteiger partial charge on any atom is 0.104 e. The standard InChI is InChI=1S/C15H25IN/c1-4-17(5-2,6-3)13-15-9-7-14(8-10-15)11-12-16/h7-10H,4-6,11-13H2,1-3H3/q+1. The van der Waals surface area contributed by atoms with Gasteiger partial charge < -0.3 is 4.48 Å². The second-order valence-electron chi connectivity index (χ2n) is 4.70. The first kappa shape index (κ1) is 15.0. The monoisotopic (exact) mass is 346 g/mol. The van der Waals surface area contributed by atoms with Gasteiger partial charge in [-0.3, -0.25) is 0 Å². The Kier molecular flexibility index (Phi) is 6.49. The Morgan fingerprint density at radius 2 is 1.35 bits per heavy atom. The van der Waals surface area contributed by atoms with E-state index in [1.54, 1.807) is 0 Å². The van der Waals surface area contributed by atoms with E-state index in [0.717, 1.165) is 0 Å². The minimum atomic E-state index is 1.17. The zero-order valence-electron chi connectivity index (χ0n) is 11.4. The van der Waals surface area contributed by atoms with Crippen LogP contribution in [0, 0.1) is 0 Å². The molecule has 0 amide bonds. The van der Waals surface area contributed by atoms with Gasteiger partial charge in [0.2, 0.25) is 0 Å². The van der Waals surface area contributed by atoms with E-state index in [-0.39, 0.29) is 0 Å². The molecule has 2 heteroatoms. The molecule has 0 radical (unpaired) electrons. The number of halogens is 1. The Hall–Kier alpha value is -0.0900. The summed E-state index contributed by atoms with van der Waals surface area (Å²) in [7, 11) is 0. The van der Waals surface area contributed by atoms with Gasteiger partial charge in [-0.1, -0.05) is 46.9 Å². The average Bonchev–Trinajstić information content (AvgIpc) is 2.39. The van der Waals surface area contributed by atoms with Crippen molar-refractivity contribution in [2.24, 2.45) is 0 Å². The van der Waals surface area contributed by atoms with E-state index in [1.807, 2.05) is 0 Å². The zero-order valence-corrected chi connectivity index (χ0v) is 13.5. The first-order chi connectivity index (χ1) is 8.19. The summed E-state index contributed by atoms with van der Waals surface area (Å²) in [5, 5.41) is 0. The highest BCUT2D eigenvalue weighted by Gasteiger charge is 2.20. The van der Waals surface area contributed by atoms with Gasteiger partial charge in [-0.15, -0.1) is 0 Å². The van der Waals surface area contributed by atoms with Crippen molar-refractivity contribution in [2.45, 2.75) is 33.7 Å². The number of hydrogen-bond donors (Lipinski definition) is 0. The van der Waals surface area contributed by atoms with Gasteiger partial charge in [0.25, 0.3) is 0 Å². The maximum atomic E-state index is 2.44. The summed E-state index contributed by atoms with van der Waals surface area (Å²) < 4.78 is 2.40. The summed E-state index contributed by atoms with van der Waals surface area (Å²) in [4.78, 5) is 0. The van der Waals surface area contributed by atoms with E-state index in [0.29, 0.717) is 0 Å². The van der Waals surface area contributed by atoms with Crippen LogP contribution < -0.4 is 0 Å². The molecule has 0 bridgehead atoms. The fourth-order valence-electron chi connectivity index (χ4n) is 2.31. The first-order valence-electron chi connectivity index (χ1n) is 6.68. The molecular formula is C15H25IN+. The van der Waals surface area contributed by atoms with Crippen LogP contribution in [0.1, 0.15) is 31.9 Å². The molecule has 1 nitrogen and oxygen atoms in total. The molecule has 0 fully saturated rings. The summed E-state index contributed by atoms with van der Waals surface area (Å²) in [5.41, 5.74) is 2.94. The van der Waals surface area contributed by atoms with Crippen molar-refractivity contribution in [2.75, 3.05) is 24.1 Å². The second kappa shape index (κ2) is 7.37. The SMILES string of the molecule is CC[N+](CC)(CC)Cc1ccc(CCI)cc1. The minimum Gasteiger partial charge on any atom is -0.321 e. The first-order valence-corrected chi connectivity index (χ1v) is 8.21. The van der Waals surface area contributed by atoms with Crippen LogP contribution in [0.3, 0.4) is 0 Å². The van der Waals surface area contributed by atoms with Gasteiger partial charge in [0.1, 0.15) is 6.54 Å². The summed E-state index contributed by atoms with van der Waals surface area (Å²) in [6.45, 7) is 11.8. The van der Waals surface area contributed by atoms with Gasteiger partial charge in [0, 0.05) is 9.99 Å². The summed E-state index contributed by atoms with van der Waals surface area (Å²) in [5.74, 6) is 0. The van der Waals surface area contributed by atoms with Crippen LogP contribution in [0.2, 0.25) is 0 Å². The predicted molar refractivity (Wildman–Crippen MR) is 84.6 cm³/mol. The van der Waals surface area contributed by atoms with Crippen LogP contribution in [0.15, 0.2) is 24.3 Å². The molecular weight excluding hydrogens is 321 g/mol. The number of nitrogens with zero attached hydrogens (tertiary/aromatic N) is 1. The Bertz CT molecular complexity index is 306. The highest BCUT2D eigenvalue weighted by Crippen LogP contribution is 2.15. The molecule has 0 aromatic heterocycles. The quantitative estimate of drug-likeness (QED) is 0.397. The molecule has 0 aliphatic heterocycles. The lowest BCUT2D eigenvalue weighted by atomic mass is 10.1. The molecule has 1 rings (SSSR count). The van der Waals surface area contributed by atoms with Gasteiger partial charge in [-0.2, -0.15) is 0 Å². The normalized spacial score (nSPS) is 11.8. The molecule has 0 unspecified atom stereocenters. The van der Waals surface area contributed by atoms with E-state index in [9.17, 15) is 0 Å². The largest absolute Gasteiger partial charge is 0.321 e. The van der Waals surface area contributed by atoms with E-state index in [1.165, 1.54) is 52.6 Å². The number of alkyl halides is 1. The van der Waals surface area contributed by atoms with Gasteiger partial charge in [-0.05, 0) is 32.8 Å². The molecule has 0 spiro atoms. The molecule has 0 aliphatic carbocycles. The second-order valence-corrected chi connectivity index (χ2v) is 5.78. The van der Waals surface area contributed by atoms with Gasteiger partial charge in [-0.25, -0.2) is 0 Å². The maximum absolute atomic E-state index is 2.44. The highest BCUT2D eigenvalue weighted by molar-refractivity contribution is 14.1. The number of quaternary nitrogens is 1. The number of rotatable bonds is 7. The van der Waals surface area contributed by atoms with E-state index < -0.39 is 0 Å². The van der Waals surface area contributed by atoms with Crippen LogP contribution in [0.4, 0.5) is 0 Å². The Labute approximate surface area is 120 Å². The average molecular weight is 346 g/mol. The zero-order chi connectivity index (χ0) is 12.7. The molecule has 0 saturated carbocycles. The highest BCUT2D eigenvalue weighted by atomic mass is 127. The lowest BCUT2D eigenvalue weighted by Gasteiger charge is -2.35. The smallest absolute Gasteiger partial charge is 0.104 e. The van der Waals surface area contributed by atoms with Gasteiger partial charge >= 0.3 is 0 Å². The minimum absolute atomic E-state index is 1.17. The summed E-state index contributed by atoms with van der Waals surface area (Å²) in [6, 6.07) is 9.22. The Morgan fingerprint density at radius 3 is 1.76 bits per heavy atom. The number of aryl methyl sites for hydroxylation is 1. The fourth-order valence-corrected chi connectivity index (χ4v) is 2.94. The van der Waals surface area contributed by atoms with Crippen LogP contribution in [-0.2, 0) is 13.0 Å². The number of benzene rings is 1. The molecule has 0 aliphatic rings. The van der Waals surface area contributed by atoms with Crippen molar-refractivity contribution in [1.29, 1.82) is 0 Å². The molecule has 0 atom stereocenters. The molecule has 17 heavy (non-hydrogen) atoms. The third-order valence-corrected chi connectivity index (χ3v) is 4.48. The third-order valence-electron chi connectivity index (χ3n) is 3.94. The lowest BCUT2D eigenvalue weighted by molar-refractivity contribution is -0.936. The van der Waals surface area contributed by atoms with Crippen LogP contribution in [0.5, 0.6) is 0 Å². The van der Waals surface area contributed by atoms with E-state index in [2.05, 4.69) is 67.6 Å². The molecule has 0 N–H and O–H groups in total. The van der Waals surface area contributed by atoms with E-state index in [4.69, 9.17) is 0 Å². The van der Waals surface area contributed by atoms with Crippen molar-refractivity contribution >= 4 is 22.6 Å². The number of hydrogen-bond acceptors (Lipinski definition) is 0. The van der Waals surface area contributed by atoms with Crippen LogP contribution in [-0.4, -0.2) is 28.5 Å². The topological polar surface area (TPSA) is 0 Å². The molecule has 1 aromatic carbocycles. The van der Waals surface area contributed by atoms with Crippen LogP contribution >= 0.6 is 22.6 Å². The predicted octanol–water partition coefficient (Wildman–Crippen LogP) is 4.04. The van der Waals surface area contributed by atoms with Gasteiger partial charge in [0.05, 0.1) is 19.6 Å². The van der Waals surface area contributed by atoms with Crippen molar-refractivity contribution in [3.8, 4) is 0 Å². The molecule has 96 valence electrons. The van der Waals surface area contributed by atoms with Crippen LogP contribution in [0.25, 0.3) is 0 Å². The van der Waals surface area contributed by atoms with Gasteiger partial charge in [0.15, 0.2) is 0 Å².